The Morgan fingerprint density at radius 3 is 2.14 bits per heavy atom. The standard InChI is InChI=1S/C28H25N3O4/c32-24-9-3-6-21-27(24)26(28-22(29-21)7-4-10-25(28)33)20-16-30(23-8-2-1-5-19(20)23)15-17-11-13-18(14-12-17)31(34)35/h1-2,5,8,11-14,16,26,29H,3-4,6-7,9-10,15H2. The number of rotatable bonds is 4. The number of allylic oxidation sites excluding steroid dienone is 4. The number of benzene rings is 2. The average molecular weight is 468 g/mol. The monoisotopic (exact) mass is 467 g/mol. The number of ketones is 2. The van der Waals surface area contributed by atoms with Gasteiger partial charge in [-0.15, -0.1) is 0 Å². The number of nitro groups is 1. The molecule has 1 N–H and O–H groups in total. The molecule has 0 fully saturated rings. The van der Waals surface area contributed by atoms with E-state index in [1.165, 1.54) is 12.1 Å². The number of hydrogen-bond donors (Lipinski definition) is 1. The maximum atomic E-state index is 13.2. The number of nitrogens with zero attached hydrogens (tertiary/aromatic N) is 2. The van der Waals surface area contributed by atoms with Gasteiger partial charge in [0.25, 0.3) is 5.69 Å². The summed E-state index contributed by atoms with van der Waals surface area (Å²) in [6.45, 7) is 0.531. The van der Waals surface area contributed by atoms with Crippen LogP contribution in [-0.2, 0) is 16.1 Å². The summed E-state index contributed by atoms with van der Waals surface area (Å²) in [6.07, 6.45) is 6.39. The highest BCUT2D eigenvalue weighted by Crippen LogP contribution is 2.47. The van der Waals surface area contributed by atoms with Crippen molar-refractivity contribution in [3.05, 3.63) is 98.5 Å². The van der Waals surface area contributed by atoms with Gasteiger partial charge in [0.05, 0.1) is 4.92 Å². The number of non-ortho nitro benzene ring substituents is 1. The van der Waals surface area contributed by atoms with Gasteiger partial charge >= 0.3 is 0 Å². The molecular weight excluding hydrogens is 442 g/mol. The zero-order valence-electron chi connectivity index (χ0n) is 19.3. The van der Waals surface area contributed by atoms with Gasteiger partial charge in [-0.2, -0.15) is 0 Å². The Balaban J connectivity index is 1.50. The number of Topliss-reactive ketones (excluding diaryl/α,β-unsaturated/α-hetero) is 2. The van der Waals surface area contributed by atoms with Crippen LogP contribution in [0.15, 0.2) is 77.3 Å². The summed E-state index contributed by atoms with van der Waals surface area (Å²) in [5.41, 5.74) is 6.46. The van der Waals surface area contributed by atoms with Gasteiger partial charge in [0.1, 0.15) is 0 Å². The van der Waals surface area contributed by atoms with Crippen LogP contribution in [0.5, 0.6) is 0 Å². The van der Waals surface area contributed by atoms with Crippen LogP contribution in [0, 0.1) is 10.1 Å². The van der Waals surface area contributed by atoms with E-state index in [1.807, 2.05) is 18.2 Å². The van der Waals surface area contributed by atoms with Crippen LogP contribution in [0.4, 0.5) is 5.69 Å². The molecule has 2 heterocycles. The third kappa shape index (κ3) is 3.58. The normalized spacial score (nSPS) is 18.5. The summed E-state index contributed by atoms with van der Waals surface area (Å²) in [6, 6.07) is 14.6. The third-order valence-corrected chi connectivity index (χ3v) is 7.42. The minimum absolute atomic E-state index is 0.0621. The van der Waals surface area contributed by atoms with E-state index in [0.29, 0.717) is 19.4 Å². The first-order chi connectivity index (χ1) is 17.0. The molecule has 2 aromatic carbocycles. The molecule has 0 bridgehead atoms. The van der Waals surface area contributed by atoms with E-state index in [1.54, 1.807) is 12.1 Å². The SMILES string of the molecule is O=C1CCCC2=C1C(c1cn(Cc3ccc([N+](=O)[O-])cc3)c3ccccc13)C1=C(CCCC1=O)N2. The van der Waals surface area contributed by atoms with Crippen LogP contribution in [0.25, 0.3) is 10.9 Å². The minimum atomic E-state index is -0.400. The average Bonchev–Trinajstić information content (AvgIpc) is 3.21. The second kappa shape index (κ2) is 8.34. The van der Waals surface area contributed by atoms with Gasteiger partial charge in [0.15, 0.2) is 11.6 Å². The van der Waals surface area contributed by atoms with Crippen molar-refractivity contribution in [1.29, 1.82) is 0 Å². The first-order valence-corrected chi connectivity index (χ1v) is 12.1. The smallest absolute Gasteiger partial charge is 0.269 e. The Morgan fingerprint density at radius 1 is 0.886 bits per heavy atom. The van der Waals surface area contributed by atoms with Crippen LogP contribution < -0.4 is 5.32 Å². The Hall–Kier alpha value is -4.00. The predicted molar refractivity (Wildman–Crippen MR) is 132 cm³/mol. The second-order valence-corrected chi connectivity index (χ2v) is 9.55. The molecule has 0 amide bonds. The molecule has 0 unspecified atom stereocenters. The molecule has 0 atom stereocenters. The number of carbonyl (C=O) groups is 2. The quantitative estimate of drug-likeness (QED) is 0.415. The topological polar surface area (TPSA) is 94.2 Å². The van der Waals surface area contributed by atoms with Crippen molar-refractivity contribution >= 4 is 28.2 Å². The summed E-state index contributed by atoms with van der Waals surface area (Å²) in [7, 11) is 0. The van der Waals surface area contributed by atoms with Crippen LogP contribution in [0.3, 0.4) is 0 Å². The molecule has 176 valence electrons. The number of carbonyl (C=O) groups excluding carboxylic acids is 2. The van der Waals surface area contributed by atoms with Gasteiger partial charge in [-0.05, 0) is 42.9 Å². The van der Waals surface area contributed by atoms with E-state index in [0.717, 1.165) is 70.3 Å². The number of nitro benzene ring substituents is 1. The number of para-hydroxylation sites is 1. The number of nitrogens with one attached hydrogen (secondary N) is 1. The van der Waals surface area contributed by atoms with Gasteiger partial charge < -0.3 is 9.88 Å². The highest BCUT2D eigenvalue weighted by atomic mass is 16.6. The highest BCUT2D eigenvalue weighted by Gasteiger charge is 2.41. The molecule has 1 aliphatic heterocycles. The van der Waals surface area contributed by atoms with Crippen molar-refractivity contribution in [2.45, 2.75) is 51.0 Å². The van der Waals surface area contributed by atoms with E-state index in [-0.39, 0.29) is 23.2 Å². The lowest BCUT2D eigenvalue weighted by Crippen LogP contribution is -2.36. The van der Waals surface area contributed by atoms with Crippen molar-refractivity contribution in [2.24, 2.45) is 0 Å². The van der Waals surface area contributed by atoms with Gasteiger partial charge in [-0.3, -0.25) is 19.7 Å². The van der Waals surface area contributed by atoms with Crippen molar-refractivity contribution < 1.29 is 14.5 Å². The van der Waals surface area contributed by atoms with Crippen molar-refractivity contribution in [3.8, 4) is 0 Å². The molecule has 0 saturated heterocycles. The fourth-order valence-electron chi connectivity index (χ4n) is 5.85. The van der Waals surface area contributed by atoms with Crippen LogP contribution >= 0.6 is 0 Å². The molecule has 2 aliphatic carbocycles. The molecule has 35 heavy (non-hydrogen) atoms. The van der Waals surface area contributed by atoms with E-state index in [2.05, 4.69) is 22.1 Å². The summed E-state index contributed by atoms with van der Waals surface area (Å²) >= 11 is 0. The number of aromatic nitrogens is 1. The van der Waals surface area contributed by atoms with Gasteiger partial charge in [0, 0.05) is 77.1 Å². The maximum Gasteiger partial charge on any atom is 0.269 e. The van der Waals surface area contributed by atoms with E-state index >= 15 is 0 Å². The summed E-state index contributed by atoms with van der Waals surface area (Å²) < 4.78 is 2.12. The molecule has 7 nitrogen and oxygen atoms in total. The fourth-order valence-corrected chi connectivity index (χ4v) is 5.85. The Kier molecular flexibility index (Phi) is 5.13. The molecular formula is C28H25N3O4. The maximum absolute atomic E-state index is 13.2. The van der Waals surface area contributed by atoms with E-state index in [4.69, 9.17) is 0 Å². The number of fused-ring (bicyclic) bond motifs is 1. The van der Waals surface area contributed by atoms with Crippen LogP contribution in [-0.4, -0.2) is 21.1 Å². The first-order valence-electron chi connectivity index (χ1n) is 12.1. The molecule has 3 aromatic rings. The number of hydrogen-bond acceptors (Lipinski definition) is 5. The third-order valence-electron chi connectivity index (χ3n) is 7.42. The molecule has 0 radical (unpaired) electrons. The molecule has 6 rings (SSSR count). The van der Waals surface area contributed by atoms with Crippen LogP contribution in [0.1, 0.15) is 55.6 Å². The lowest BCUT2D eigenvalue weighted by atomic mass is 9.71. The molecule has 1 aromatic heterocycles. The van der Waals surface area contributed by atoms with Crippen LogP contribution in [0.2, 0.25) is 0 Å². The van der Waals surface area contributed by atoms with Gasteiger partial charge in [0.2, 0.25) is 0 Å². The summed E-state index contributed by atoms with van der Waals surface area (Å²) in [5, 5.41) is 15.5. The molecule has 0 spiro atoms. The Bertz CT molecular complexity index is 1420. The van der Waals surface area contributed by atoms with Gasteiger partial charge in [-0.25, -0.2) is 0 Å². The predicted octanol–water partition coefficient (Wildman–Crippen LogP) is 5.30. The van der Waals surface area contributed by atoms with Crippen molar-refractivity contribution in [1.82, 2.24) is 9.88 Å². The van der Waals surface area contributed by atoms with Gasteiger partial charge in [-0.1, -0.05) is 30.3 Å². The largest absolute Gasteiger partial charge is 0.362 e. The fraction of sp³-hybridized carbons (Fsp3) is 0.286. The highest BCUT2D eigenvalue weighted by molar-refractivity contribution is 6.07. The molecule has 0 saturated carbocycles. The minimum Gasteiger partial charge on any atom is -0.362 e. The summed E-state index contributed by atoms with van der Waals surface area (Å²) in [4.78, 5) is 37.1. The van der Waals surface area contributed by atoms with E-state index < -0.39 is 4.92 Å². The first kappa shape index (κ1) is 21.5. The van der Waals surface area contributed by atoms with Crippen molar-refractivity contribution in [3.63, 3.8) is 0 Å². The molecule has 7 heteroatoms. The lowest BCUT2D eigenvalue weighted by molar-refractivity contribution is -0.384. The lowest BCUT2D eigenvalue weighted by Gasteiger charge is -2.37. The Morgan fingerprint density at radius 2 is 1.51 bits per heavy atom. The second-order valence-electron chi connectivity index (χ2n) is 9.55. The summed E-state index contributed by atoms with van der Waals surface area (Å²) in [5.74, 6) is -0.105. The van der Waals surface area contributed by atoms with Crippen molar-refractivity contribution in [2.75, 3.05) is 0 Å². The zero-order chi connectivity index (χ0) is 24.1. The molecule has 3 aliphatic rings. The zero-order valence-corrected chi connectivity index (χ0v) is 19.3. The Labute approximate surface area is 202 Å². The number of dihydropyridines is 1. The van der Waals surface area contributed by atoms with E-state index in [9.17, 15) is 19.7 Å².